The Bertz CT molecular complexity index is 475. The lowest BCUT2D eigenvalue weighted by atomic mass is 10.0. The van der Waals surface area contributed by atoms with Gasteiger partial charge in [-0.05, 0) is 31.2 Å². The normalized spacial score (nSPS) is 17.8. The van der Waals surface area contributed by atoms with E-state index in [1.165, 1.54) is 0 Å². The molecule has 5 heteroatoms. The Hall–Kier alpha value is -0.710. The molecule has 1 aliphatic heterocycles. The first-order valence-electron chi connectivity index (χ1n) is 7.41. The van der Waals surface area contributed by atoms with Crippen LogP contribution in [0.3, 0.4) is 0 Å². The minimum absolute atomic E-state index is 0.0523. The number of rotatable bonds is 5. The van der Waals surface area contributed by atoms with E-state index >= 15 is 0 Å². The smallest absolute Gasteiger partial charge is 0.255 e. The van der Waals surface area contributed by atoms with Crippen molar-refractivity contribution in [3.8, 4) is 0 Å². The fourth-order valence-corrected chi connectivity index (χ4v) is 2.99. The van der Waals surface area contributed by atoms with Gasteiger partial charge in [-0.25, -0.2) is 0 Å². The molecule has 116 valence electrons. The van der Waals surface area contributed by atoms with Crippen molar-refractivity contribution in [2.45, 2.75) is 31.1 Å². The number of halogens is 1. The fourth-order valence-electron chi connectivity index (χ4n) is 2.51. The van der Waals surface area contributed by atoms with Crippen LogP contribution in [0.25, 0.3) is 0 Å². The number of carbonyl (C=O) groups excluding carboxylic acids is 1. The van der Waals surface area contributed by atoms with E-state index in [9.17, 15) is 4.79 Å². The second-order valence-corrected chi connectivity index (χ2v) is 7.18. The molecule has 2 rings (SSSR count). The summed E-state index contributed by atoms with van der Waals surface area (Å²) < 4.78 is 0. The minimum atomic E-state index is 0.0523. The first-order valence-corrected chi connectivity index (χ1v) is 9.08. The molecule has 0 bridgehead atoms. The number of hydrogen-bond donors (Lipinski definition) is 1. The van der Waals surface area contributed by atoms with Gasteiger partial charge in [0, 0.05) is 30.9 Å². The van der Waals surface area contributed by atoms with Gasteiger partial charge < -0.3 is 10.2 Å². The maximum absolute atomic E-state index is 12.5. The maximum atomic E-state index is 12.5. The summed E-state index contributed by atoms with van der Waals surface area (Å²) in [5.41, 5.74) is 0.613. The Morgan fingerprint density at radius 1 is 1.43 bits per heavy atom. The van der Waals surface area contributed by atoms with Crippen molar-refractivity contribution in [3.63, 3.8) is 0 Å². The summed E-state index contributed by atoms with van der Waals surface area (Å²) in [6.45, 7) is 4.86. The van der Waals surface area contributed by atoms with Crippen molar-refractivity contribution in [3.05, 3.63) is 34.9 Å². The zero-order chi connectivity index (χ0) is 15.2. The van der Waals surface area contributed by atoms with E-state index in [0.29, 0.717) is 21.9 Å². The van der Waals surface area contributed by atoms with Crippen molar-refractivity contribution < 1.29 is 4.79 Å². The van der Waals surface area contributed by atoms with E-state index in [1.54, 1.807) is 12.1 Å². The van der Waals surface area contributed by atoms with Gasteiger partial charge in [0.2, 0.25) is 0 Å². The van der Waals surface area contributed by atoms with E-state index in [-0.39, 0.29) is 5.91 Å². The molecule has 3 nitrogen and oxygen atoms in total. The summed E-state index contributed by atoms with van der Waals surface area (Å²) in [6.07, 6.45) is 4.16. The van der Waals surface area contributed by atoms with E-state index in [0.717, 1.165) is 32.5 Å². The third kappa shape index (κ3) is 4.63. The fraction of sp³-hybridized carbons (Fsp3) is 0.562. The lowest BCUT2D eigenvalue weighted by Crippen LogP contribution is -2.46. The van der Waals surface area contributed by atoms with Gasteiger partial charge in [0.25, 0.3) is 5.91 Å². The monoisotopic (exact) mass is 326 g/mol. The third-order valence-electron chi connectivity index (χ3n) is 3.98. The van der Waals surface area contributed by atoms with Crippen LogP contribution in [0.1, 0.15) is 30.1 Å². The molecule has 1 aromatic carbocycles. The molecule has 1 aliphatic rings. The number of carbonyl (C=O) groups is 1. The molecule has 1 unspecified atom stereocenters. The van der Waals surface area contributed by atoms with Gasteiger partial charge in [0.05, 0.1) is 10.6 Å². The van der Waals surface area contributed by atoms with E-state index in [2.05, 4.69) is 18.5 Å². The summed E-state index contributed by atoms with van der Waals surface area (Å²) in [6, 6.07) is 7.80. The van der Waals surface area contributed by atoms with Gasteiger partial charge in [0.1, 0.15) is 0 Å². The van der Waals surface area contributed by atoms with Crippen LogP contribution in [0.2, 0.25) is 5.02 Å². The topological polar surface area (TPSA) is 32.3 Å². The predicted molar refractivity (Wildman–Crippen MR) is 91.4 cm³/mol. The van der Waals surface area contributed by atoms with Crippen LogP contribution in [0.15, 0.2) is 24.3 Å². The first-order chi connectivity index (χ1) is 10.1. The van der Waals surface area contributed by atoms with Crippen molar-refractivity contribution in [1.82, 2.24) is 10.2 Å². The van der Waals surface area contributed by atoms with Crippen LogP contribution in [0.4, 0.5) is 0 Å². The predicted octanol–water partition coefficient (Wildman–Crippen LogP) is 3.29. The number of nitrogens with zero attached hydrogens (tertiary/aromatic N) is 1. The molecule has 1 atom stereocenters. The quantitative estimate of drug-likeness (QED) is 0.901. The Morgan fingerprint density at radius 2 is 2.10 bits per heavy atom. The molecule has 1 N–H and O–H groups in total. The van der Waals surface area contributed by atoms with Crippen LogP contribution in [-0.2, 0) is 0 Å². The van der Waals surface area contributed by atoms with Gasteiger partial charge in [0.15, 0.2) is 0 Å². The molecule has 1 saturated heterocycles. The number of amides is 1. The molecule has 0 aromatic heterocycles. The third-order valence-corrected chi connectivity index (χ3v) is 5.28. The van der Waals surface area contributed by atoms with Crippen molar-refractivity contribution >= 4 is 29.3 Å². The zero-order valence-electron chi connectivity index (χ0n) is 12.6. The molecule has 1 fully saturated rings. The molecular weight excluding hydrogens is 304 g/mol. The number of piperidine rings is 1. The molecule has 21 heavy (non-hydrogen) atoms. The largest absolute Gasteiger partial charge is 0.338 e. The second kappa shape index (κ2) is 8.06. The average Bonchev–Trinajstić information content (AvgIpc) is 2.53. The number of likely N-dealkylation sites (tertiary alicyclic amines) is 1. The summed E-state index contributed by atoms with van der Waals surface area (Å²) in [4.78, 5) is 14.4. The summed E-state index contributed by atoms with van der Waals surface area (Å²) in [5.74, 6) is 0.0523. The molecule has 0 saturated carbocycles. The summed E-state index contributed by atoms with van der Waals surface area (Å²) in [5, 5.41) is 4.77. The van der Waals surface area contributed by atoms with Crippen LogP contribution in [0.5, 0.6) is 0 Å². The summed E-state index contributed by atoms with van der Waals surface area (Å²) in [7, 11) is 0. The van der Waals surface area contributed by atoms with Crippen LogP contribution < -0.4 is 5.32 Å². The Kier molecular flexibility index (Phi) is 6.40. The average molecular weight is 327 g/mol. The maximum Gasteiger partial charge on any atom is 0.255 e. The lowest BCUT2D eigenvalue weighted by Gasteiger charge is -2.33. The number of hydrogen-bond acceptors (Lipinski definition) is 3. The van der Waals surface area contributed by atoms with Crippen LogP contribution in [0, 0.1) is 0 Å². The van der Waals surface area contributed by atoms with Gasteiger partial charge in [-0.3, -0.25) is 4.79 Å². The molecule has 1 aromatic rings. The van der Waals surface area contributed by atoms with Gasteiger partial charge in [-0.15, -0.1) is 0 Å². The molecule has 1 heterocycles. The highest BCUT2D eigenvalue weighted by molar-refractivity contribution is 7.99. The Balaban J connectivity index is 1.84. The molecule has 1 amide bonds. The highest BCUT2D eigenvalue weighted by Crippen LogP contribution is 2.20. The number of thioether (sulfide) groups is 1. The lowest BCUT2D eigenvalue weighted by molar-refractivity contribution is 0.0705. The summed E-state index contributed by atoms with van der Waals surface area (Å²) >= 11 is 7.98. The highest BCUT2D eigenvalue weighted by atomic mass is 35.5. The van der Waals surface area contributed by atoms with E-state index in [4.69, 9.17) is 11.6 Å². The molecule has 0 radical (unpaired) electrons. The standard InChI is InChI=1S/C16H23ClN2OS/c1-12(21-2)11-18-13-7-9-19(10-8-13)16(20)14-5-3-4-6-15(14)17/h3-6,12-13,18H,7-11H2,1-2H3. The SMILES string of the molecule is CSC(C)CNC1CCN(C(=O)c2ccccc2Cl)CC1. The van der Waals surface area contributed by atoms with E-state index in [1.807, 2.05) is 28.8 Å². The minimum Gasteiger partial charge on any atom is -0.338 e. The zero-order valence-corrected chi connectivity index (χ0v) is 14.2. The molecule has 0 spiro atoms. The Morgan fingerprint density at radius 3 is 2.71 bits per heavy atom. The number of benzene rings is 1. The van der Waals surface area contributed by atoms with Crippen molar-refractivity contribution in [2.75, 3.05) is 25.9 Å². The molecular formula is C16H23ClN2OS. The first kappa shape index (κ1) is 16.7. The molecule has 0 aliphatic carbocycles. The van der Waals surface area contributed by atoms with Gasteiger partial charge >= 0.3 is 0 Å². The van der Waals surface area contributed by atoms with Gasteiger partial charge in [-0.2, -0.15) is 11.8 Å². The van der Waals surface area contributed by atoms with Crippen molar-refractivity contribution in [2.24, 2.45) is 0 Å². The van der Waals surface area contributed by atoms with E-state index < -0.39 is 0 Å². The van der Waals surface area contributed by atoms with Crippen LogP contribution in [-0.4, -0.2) is 48.0 Å². The van der Waals surface area contributed by atoms with Gasteiger partial charge in [-0.1, -0.05) is 30.7 Å². The highest BCUT2D eigenvalue weighted by Gasteiger charge is 2.24. The van der Waals surface area contributed by atoms with Crippen molar-refractivity contribution in [1.29, 1.82) is 0 Å². The van der Waals surface area contributed by atoms with Crippen LogP contribution >= 0.6 is 23.4 Å². The second-order valence-electron chi connectivity index (χ2n) is 5.50. The number of nitrogens with one attached hydrogen (secondary N) is 1. The Labute approximate surface area is 136 Å².